The highest BCUT2D eigenvalue weighted by Gasteiger charge is 2.20. The fraction of sp³-hybridized carbons (Fsp3) is 0.111. The molecule has 0 saturated carbocycles. The molecule has 0 radical (unpaired) electrons. The molecular formula is C18H12ClF2NO4. The summed E-state index contributed by atoms with van der Waals surface area (Å²) in [6.45, 7) is -0.678. The van der Waals surface area contributed by atoms with Crippen LogP contribution in [-0.4, -0.2) is 25.1 Å². The van der Waals surface area contributed by atoms with Gasteiger partial charge in [0.2, 0.25) is 0 Å². The summed E-state index contributed by atoms with van der Waals surface area (Å²) in [5, 5.41) is 2.61. The minimum absolute atomic E-state index is 0.0202. The van der Waals surface area contributed by atoms with Crippen LogP contribution in [0.4, 0.5) is 14.5 Å². The molecule has 1 N–H and O–H groups in total. The number of anilines is 1. The molecule has 2 aromatic rings. The van der Waals surface area contributed by atoms with Gasteiger partial charge in [0.05, 0.1) is 11.3 Å². The number of benzene rings is 2. The van der Waals surface area contributed by atoms with Crippen LogP contribution in [0, 0.1) is 11.6 Å². The molecule has 1 aliphatic heterocycles. The van der Waals surface area contributed by atoms with Crippen molar-refractivity contribution in [3.05, 3.63) is 64.2 Å². The zero-order valence-corrected chi connectivity index (χ0v) is 14.0. The van der Waals surface area contributed by atoms with Crippen molar-refractivity contribution >= 4 is 35.2 Å². The Morgan fingerprint density at radius 1 is 1.19 bits per heavy atom. The molecule has 2 aromatic carbocycles. The van der Waals surface area contributed by atoms with Gasteiger partial charge in [-0.15, -0.1) is 0 Å². The molecule has 0 bridgehead atoms. The minimum Gasteiger partial charge on any atom is -0.488 e. The summed E-state index contributed by atoms with van der Waals surface area (Å²) in [7, 11) is 0. The molecule has 0 atom stereocenters. The topological polar surface area (TPSA) is 64.6 Å². The van der Waals surface area contributed by atoms with Crippen molar-refractivity contribution in [3.8, 4) is 5.75 Å². The van der Waals surface area contributed by atoms with Gasteiger partial charge in [-0.1, -0.05) is 11.6 Å². The fourth-order valence-electron chi connectivity index (χ4n) is 2.27. The first-order valence-corrected chi connectivity index (χ1v) is 7.85. The van der Waals surface area contributed by atoms with Crippen LogP contribution in [0.5, 0.6) is 5.75 Å². The van der Waals surface area contributed by atoms with Crippen LogP contribution >= 0.6 is 11.6 Å². The summed E-state index contributed by atoms with van der Waals surface area (Å²) in [4.78, 5) is 23.8. The summed E-state index contributed by atoms with van der Waals surface area (Å²) < 4.78 is 36.8. The quantitative estimate of drug-likeness (QED) is 0.825. The monoisotopic (exact) mass is 379 g/mol. The maximum Gasteiger partial charge on any atom is 0.338 e. The molecule has 5 nitrogen and oxygen atoms in total. The van der Waals surface area contributed by atoms with Crippen LogP contribution in [0.2, 0.25) is 5.02 Å². The van der Waals surface area contributed by atoms with E-state index in [1.54, 1.807) is 24.3 Å². The number of ether oxygens (including phenoxy) is 2. The molecule has 8 heteroatoms. The lowest BCUT2D eigenvalue weighted by molar-refractivity contribution is -0.143. The zero-order valence-electron chi connectivity index (χ0n) is 13.2. The molecule has 0 aromatic heterocycles. The van der Waals surface area contributed by atoms with Crippen LogP contribution in [-0.2, 0) is 14.3 Å². The minimum atomic E-state index is -0.803. The van der Waals surface area contributed by atoms with Gasteiger partial charge in [-0.3, -0.25) is 4.79 Å². The van der Waals surface area contributed by atoms with Gasteiger partial charge in [0.15, 0.2) is 6.61 Å². The van der Waals surface area contributed by atoms with E-state index in [0.717, 1.165) is 18.2 Å². The maximum atomic E-state index is 13.5. The lowest BCUT2D eigenvalue weighted by atomic mass is 10.1. The average molecular weight is 380 g/mol. The standard InChI is InChI=1S/C18H12ClF2NO4/c19-12-1-4-16-10(6-12)5-11(8-25-16)18(24)26-9-17(23)22-15-7-13(20)2-3-14(15)21/h1-7H,8-9H2,(H,22,23). The normalized spacial score (nSPS) is 12.5. The second-order valence-electron chi connectivity index (χ2n) is 5.39. The SMILES string of the molecule is O=C(COC(=O)C1=Cc2cc(Cl)ccc2OC1)Nc1cc(F)ccc1F. The lowest BCUT2D eigenvalue weighted by Gasteiger charge is -2.17. The van der Waals surface area contributed by atoms with Gasteiger partial charge < -0.3 is 14.8 Å². The average Bonchev–Trinajstić information content (AvgIpc) is 2.62. The summed E-state index contributed by atoms with van der Waals surface area (Å²) >= 11 is 5.90. The number of rotatable bonds is 4. The number of esters is 1. The Kier molecular flexibility index (Phi) is 5.18. The molecule has 1 heterocycles. The van der Waals surface area contributed by atoms with E-state index in [4.69, 9.17) is 21.1 Å². The van der Waals surface area contributed by atoms with Crippen molar-refractivity contribution in [2.75, 3.05) is 18.5 Å². The molecule has 134 valence electrons. The van der Waals surface area contributed by atoms with E-state index in [1.165, 1.54) is 0 Å². The summed E-state index contributed by atoms with van der Waals surface area (Å²) in [5.41, 5.74) is 0.473. The number of hydrogen-bond donors (Lipinski definition) is 1. The second kappa shape index (κ2) is 7.53. The molecule has 0 saturated heterocycles. The van der Waals surface area contributed by atoms with Crippen molar-refractivity contribution in [1.29, 1.82) is 0 Å². The third-order valence-electron chi connectivity index (χ3n) is 3.48. The third-order valence-corrected chi connectivity index (χ3v) is 3.72. The Balaban J connectivity index is 1.60. The van der Waals surface area contributed by atoms with Gasteiger partial charge >= 0.3 is 5.97 Å². The highest BCUT2D eigenvalue weighted by molar-refractivity contribution is 6.30. The molecule has 0 spiro atoms. The fourth-order valence-corrected chi connectivity index (χ4v) is 2.45. The number of carbonyl (C=O) groups excluding carboxylic acids is 2. The van der Waals surface area contributed by atoms with Crippen molar-refractivity contribution in [3.63, 3.8) is 0 Å². The van der Waals surface area contributed by atoms with E-state index in [1.807, 2.05) is 0 Å². The Hall–Kier alpha value is -2.93. The first kappa shape index (κ1) is 17.9. The highest BCUT2D eigenvalue weighted by atomic mass is 35.5. The molecule has 0 fully saturated rings. The van der Waals surface area contributed by atoms with E-state index in [9.17, 15) is 18.4 Å². The van der Waals surface area contributed by atoms with Crippen LogP contribution in [0.15, 0.2) is 42.0 Å². The maximum absolute atomic E-state index is 13.5. The van der Waals surface area contributed by atoms with Crippen LogP contribution in [0.25, 0.3) is 6.08 Å². The van der Waals surface area contributed by atoms with Gasteiger partial charge in [-0.25, -0.2) is 13.6 Å². The van der Waals surface area contributed by atoms with Gasteiger partial charge in [-0.2, -0.15) is 0 Å². The molecule has 1 amide bonds. The predicted octanol–water partition coefficient (Wildman–Crippen LogP) is 3.58. The van der Waals surface area contributed by atoms with Gasteiger partial charge in [0.1, 0.15) is 24.0 Å². The number of halogens is 3. The predicted molar refractivity (Wildman–Crippen MR) is 90.9 cm³/mol. The largest absolute Gasteiger partial charge is 0.488 e. The van der Waals surface area contributed by atoms with E-state index >= 15 is 0 Å². The molecule has 3 rings (SSSR count). The number of hydrogen-bond acceptors (Lipinski definition) is 4. The molecule has 26 heavy (non-hydrogen) atoms. The van der Waals surface area contributed by atoms with Gasteiger partial charge in [0.25, 0.3) is 5.91 Å². The first-order valence-electron chi connectivity index (χ1n) is 7.47. The highest BCUT2D eigenvalue weighted by Crippen LogP contribution is 2.29. The van der Waals surface area contributed by atoms with Crippen molar-refractivity contribution in [2.24, 2.45) is 0 Å². The summed E-state index contributed by atoms with van der Waals surface area (Å²) in [6.07, 6.45) is 1.55. The number of amides is 1. The molecular weight excluding hydrogens is 368 g/mol. The van der Waals surface area contributed by atoms with E-state index < -0.39 is 30.1 Å². The van der Waals surface area contributed by atoms with Crippen LogP contribution in [0.1, 0.15) is 5.56 Å². The van der Waals surface area contributed by atoms with E-state index in [2.05, 4.69) is 5.32 Å². The summed E-state index contributed by atoms with van der Waals surface area (Å²) in [5.74, 6) is -2.50. The summed E-state index contributed by atoms with van der Waals surface area (Å²) in [6, 6.07) is 7.59. The first-order chi connectivity index (χ1) is 12.4. The molecule has 0 aliphatic carbocycles. The zero-order chi connectivity index (χ0) is 18.7. The Morgan fingerprint density at radius 2 is 2.00 bits per heavy atom. The van der Waals surface area contributed by atoms with E-state index in [-0.39, 0.29) is 17.9 Å². The second-order valence-corrected chi connectivity index (χ2v) is 5.83. The van der Waals surface area contributed by atoms with Crippen molar-refractivity contribution in [2.45, 2.75) is 0 Å². The number of fused-ring (bicyclic) bond motifs is 1. The Bertz CT molecular complexity index is 914. The number of carbonyl (C=O) groups is 2. The number of nitrogens with one attached hydrogen (secondary N) is 1. The van der Waals surface area contributed by atoms with Crippen molar-refractivity contribution < 1.29 is 27.8 Å². The van der Waals surface area contributed by atoms with E-state index in [0.29, 0.717) is 16.3 Å². The van der Waals surface area contributed by atoms with Gasteiger partial charge in [-0.05, 0) is 36.4 Å². The molecule has 0 unspecified atom stereocenters. The van der Waals surface area contributed by atoms with Crippen molar-refractivity contribution in [1.82, 2.24) is 0 Å². The van der Waals surface area contributed by atoms with Crippen LogP contribution in [0.3, 0.4) is 0 Å². The van der Waals surface area contributed by atoms with Crippen LogP contribution < -0.4 is 10.1 Å². The smallest absolute Gasteiger partial charge is 0.338 e. The Morgan fingerprint density at radius 3 is 2.81 bits per heavy atom. The van der Waals surface area contributed by atoms with Gasteiger partial charge in [0, 0.05) is 16.7 Å². The molecule has 1 aliphatic rings. The third kappa shape index (κ3) is 4.18. The lowest BCUT2D eigenvalue weighted by Crippen LogP contribution is -2.24. The Labute approximate surface area is 152 Å².